The summed E-state index contributed by atoms with van der Waals surface area (Å²) >= 11 is -1.56. The molecule has 0 spiro atoms. The van der Waals surface area contributed by atoms with Gasteiger partial charge in [-0.05, 0) is 99.2 Å². The molecule has 260 valence electrons. The molecule has 0 radical (unpaired) electrons. The number of hydrogen-bond donors (Lipinski definition) is 3. The zero-order valence-electron chi connectivity index (χ0n) is 28.5. The van der Waals surface area contributed by atoms with E-state index in [2.05, 4.69) is 21.4 Å². The first-order valence-corrected chi connectivity index (χ1v) is 17.6. The van der Waals surface area contributed by atoms with Gasteiger partial charge in [0.1, 0.15) is 27.9 Å². The average Bonchev–Trinajstić information content (AvgIpc) is 3.82. The number of nitrogens with one attached hydrogen (secondary N) is 3. The third kappa shape index (κ3) is 8.54. The summed E-state index contributed by atoms with van der Waals surface area (Å²) in [5.74, 6) is -0.0725. The first-order valence-electron chi connectivity index (χ1n) is 16.4. The molecule has 12 heteroatoms. The van der Waals surface area contributed by atoms with Gasteiger partial charge in [-0.3, -0.25) is 4.79 Å². The van der Waals surface area contributed by atoms with E-state index in [1.807, 2.05) is 26.8 Å². The molecule has 49 heavy (non-hydrogen) atoms. The number of urea groups is 1. The molecule has 0 bridgehead atoms. The summed E-state index contributed by atoms with van der Waals surface area (Å²) in [5.41, 5.74) is 1.12. The number of hydrogen-bond acceptors (Lipinski definition) is 7. The molecule has 4 atom stereocenters. The van der Waals surface area contributed by atoms with Crippen molar-refractivity contribution in [2.45, 2.75) is 75.3 Å². The predicted molar refractivity (Wildman–Crippen MR) is 188 cm³/mol. The molecular formula is C37H44FN5O5S. The van der Waals surface area contributed by atoms with E-state index in [9.17, 15) is 19.4 Å². The quantitative estimate of drug-likeness (QED) is 0.186. The number of rotatable bonds is 12. The first kappa shape index (κ1) is 36.1. The van der Waals surface area contributed by atoms with Crippen LogP contribution in [0.5, 0.6) is 5.75 Å². The SMILES string of the molecule is COc1ccc(NC(=O)N2C[C@H](OC)C[C@@H]2C(=O)Nc2cc(C(CCC3CC3)(N[S@+]([O-])C(C)(C)C)c3cccc(C#N)c3)ccc2F)cc1. The van der Waals surface area contributed by atoms with E-state index in [4.69, 9.17) is 9.47 Å². The van der Waals surface area contributed by atoms with Crippen molar-refractivity contribution in [1.82, 2.24) is 9.62 Å². The molecule has 1 heterocycles. The highest BCUT2D eigenvalue weighted by atomic mass is 32.2. The van der Waals surface area contributed by atoms with Crippen LogP contribution in [0.3, 0.4) is 0 Å². The van der Waals surface area contributed by atoms with E-state index in [1.54, 1.807) is 61.7 Å². The van der Waals surface area contributed by atoms with Crippen molar-refractivity contribution in [3.05, 3.63) is 89.2 Å². The van der Waals surface area contributed by atoms with Crippen LogP contribution in [0.1, 0.15) is 69.6 Å². The fourth-order valence-electron chi connectivity index (χ4n) is 6.03. The number of amides is 3. The van der Waals surface area contributed by atoms with Gasteiger partial charge in [-0.1, -0.05) is 31.0 Å². The molecule has 1 aliphatic heterocycles. The Morgan fingerprint density at radius 2 is 1.76 bits per heavy atom. The van der Waals surface area contributed by atoms with Crippen molar-refractivity contribution in [2.24, 2.45) is 5.92 Å². The summed E-state index contributed by atoms with van der Waals surface area (Å²) in [6, 6.07) is 19.2. The predicted octanol–water partition coefficient (Wildman–Crippen LogP) is 6.45. The minimum atomic E-state index is -1.56. The Bertz CT molecular complexity index is 1690. The fourth-order valence-corrected chi connectivity index (χ4v) is 6.99. The summed E-state index contributed by atoms with van der Waals surface area (Å²) in [4.78, 5) is 28.6. The number of nitriles is 1. The van der Waals surface area contributed by atoms with Gasteiger partial charge < -0.3 is 29.6 Å². The summed E-state index contributed by atoms with van der Waals surface area (Å²) in [6.07, 6.45) is 3.39. The lowest BCUT2D eigenvalue weighted by Gasteiger charge is -2.39. The number of methoxy groups -OCH3 is 2. The van der Waals surface area contributed by atoms with Crippen molar-refractivity contribution in [3.8, 4) is 11.8 Å². The lowest BCUT2D eigenvalue weighted by atomic mass is 9.79. The van der Waals surface area contributed by atoms with Gasteiger partial charge in [0.15, 0.2) is 0 Å². The maximum atomic E-state index is 15.6. The first-order chi connectivity index (χ1) is 23.4. The van der Waals surface area contributed by atoms with Gasteiger partial charge in [0, 0.05) is 37.1 Å². The third-order valence-corrected chi connectivity index (χ3v) is 10.8. The zero-order chi connectivity index (χ0) is 35.3. The maximum absolute atomic E-state index is 15.6. The van der Waals surface area contributed by atoms with Gasteiger partial charge >= 0.3 is 6.03 Å². The molecule has 1 unspecified atom stereocenters. The standard InChI is InChI=1S/C37H44FN5O5S/c1-36(2,3)49(46)42-37(18-17-24-9-10-24,26-8-6-7-25(19-26)22-39)27-11-16-31(38)32(20-27)41-34(44)33-21-30(48-5)23-43(33)35(45)40-28-12-14-29(47-4)15-13-28/h6-8,11-16,19-20,24,30,33,42H,9-10,17-18,21,23H2,1-5H3,(H,40,45)(H,41,44)/t30-,33-,37?,49-/m1/s1. The highest BCUT2D eigenvalue weighted by molar-refractivity contribution is 7.90. The molecule has 3 N–H and O–H groups in total. The molecule has 3 amide bonds. The number of likely N-dealkylation sites (tertiary alicyclic amines) is 1. The summed E-state index contributed by atoms with van der Waals surface area (Å²) < 4.78 is 42.9. The lowest BCUT2D eigenvalue weighted by molar-refractivity contribution is -0.119. The van der Waals surface area contributed by atoms with Gasteiger partial charge in [-0.15, -0.1) is 4.72 Å². The highest BCUT2D eigenvalue weighted by Gasteiger charge is 2.44. The molecular weight excluding hydrogens is 646 g/mol. The topological polar surface area (TPSA) is 139 Å². The van der Waals surface area contributed by atoms with E-state index in [0.717, 1.165) is 19.3 Å². The van der Waals surface area contributed by atoms with Crippen molar-refractivity contribution in [3.63, 3.8) is 0 Å². The van der Waals surface area contributed by atoms with Crippen LogP contribution >= 0.6 is 0 Å². The molecule has 1 aliphatic carbocycles. The largest absolute Gasteiger partial charge is 0.598 e. The van der Waals surface area contributed by atoms with Crippen LogP contribution in [0, 0.1) is 23.1 Å². The second kappa shape index (κ2) is 15.2. The average molecular weight is 690 g/mol. The fraction of sp³-hybridized carbons (Fsp3) is 0.432. The molecule has 3 aromatic carbocycles. The molecule has 0 aromatic heterocycles. The van der Waals surface area contributed by atoms with Crippen LogP contribution in [0.15, 0.2) is 66.7 Å². The van der Waals surface area contributed by atoms with E-state index < -0.39 is 51.5 Å². The van der Waals surface area contributed by atoms with Gasteiger partial charge in [-0.25, -0.2) is 9.18 Å². The van der Waals surface area contributed by atoms with E-state index >= 15 is 4.39 Å². The number of benzene rings is 3. The Morgan fingerprint density at radius 1 is 1.04 bits per heavy atom. The van der Waals surface area contributed by atoms with E-state index in [0.29, 0.717) is 40.5 Å². The molecule has 1 saturated carbocycles. The number of carbonyl (C=O) groups excluding carboxylic acids is 2. The number of carbonyl (C=O) groups is 2. The van der Waals surface area contributed by atoms with Crippen LogP contribution in [0.2, 0.25) is 0 Å². The minimum Gasteiger partial charge on any atom is -0.598 e. The summed E-state index contributed by atoms with van der Waals surface area (Å²) in [5, 5.41) is 15.3. The van der Waals surface area contributed by atoms with Gasteiger partial charge in [0.05, 0.1) is 30.5 Å². The van der Waals surface area contributed by atoms with Crippen LogP contribution in [0.25, 0.3) is 0 Å². The second-order valence-electron chi connectivity index (χ2n) is 13.7. The zero-order valence-corrected chi connectivity index (χ0v) is 29.4. The number of halogens is 1. The molecule has 10 nitrogen and oxygen atoms in total. The Morgan fingerprint density at radius 3 is 2.39 bits per heavy atom. The third-order valence-electron chi connectivity index (χ3n) is 9.15. The van der Waals surface area contributed by atoms with Crippen molar-refractivity contribution in [1.29, 1.82) is 5.26 Å². The van der Waals surface area contributed by atoms with Crippen molar-refractivity contribution in [2.75, 3.05) is 31.4 Å². The molecule has 5 rings (SSSR count). The van der Waals surface area contributed by atoms with Crippen molar-refractivity contribution < 1.29 is 28.0 Å². The second-order valence-corrected chi connectivity index (χ2v) is 15.6. The molecule has 3 aromatic rings. The van der Waals surface area contributed by atoms with Gasteiger partial charge in [0.25, 0.3) is 0 Å². The Balaban J connectivity index is 1.48. The summed E-state index contributed by atoms with van der Waals surface area (Å²) in [6.45, 7) is 5.78. The Hall–Kier alpha value is -4.15. The molecule has 2 aliphatic rings. The maximum Gasteiger partial charge on any atom is 0.322 e. The summed E-state index contributed by atoms with van der Waals surface area (Å²) in [7, 11) is 3.07. The van der Waals surface area contributed by atoms with Crippen LogP contribution in [-0.4, -0.2) is 59.0 Å². The number of anilines is 2. The molecule has 2 fully saturated rings. The van der Waals surface area contributed by atoms with Crippen LogP contribution in [0.4, 0.5) is 20.6 Å². The van der Waals surface area contributed by atoms with Gasteiger partial charge in [0.2, 0.25) is 5.91 Å². The normalized spacial score (nSPS) is 19.4. The van der Waals surface area contributed by atoms with Crippen molar-refractivity contribution >= 4 is 34.7 Å². The Kier molecular flexibility index (Phi) is 11.2. The molecule has 1 saturated heterocycles. The van der Waals surface area contributed by atoms with Crippen LogP contribution < -0.4 is 20.1 Å². The lowest BCUT2D eigenvalue weighted by Crippen LogP contribution is -2.52. The van der Waals surface area contributed by atoms with Crippen LogP contribution in [-0.2, 0) is 26.4 Å². The number of nitrogens with zero attached hydrogens (tertiary/aromatic N) is 2. The Labute approximate surface area is 290 Å². The smallest absolute Gasteiger partial charge is 0.322 e. The highest BCUT2D eigenvalue weighted by Crippen LogP contribution is 2.43. The minimum absolute atomic E-state index is 0.0746. The van der Waals surface area contributed by atoms with E-state index in [-0.39, 0.29) is 18.7 Å². The monoisotopic (exact) mass is 689 g/mol. The number of ether oxygens (including phenoxy) is 2. The van der Waals surface area contributed by atoms with E-state index in [1.165, 1.54) is 18.1 Å². The van der Waals surface area contributed by atoms with Gasteiger partial charge in [-0.2, -0.15) is 5.26 Å².